The first-order valence-electron chi connectivity index (χ1n) is 6.11. The molecule has 0 aliphatic heterocycles. The summed E-state index contributed by atoms with van der Waals surface area (Å²) in [5, 5.41) is 8.68. The Hall–Kier alpha value is -2.05. The number of fused-ring (bicyclic) bond motifs is 1. The largest absolute Gasteiger partial charge is 0.481 e. The Morgan fingerprint density at radius 1 is 1.40 bits per heavy atom. The molecule has 20 heavy (non-hydrogen) atoms. The molecule has 0 radical (unpaired) electrons. The molecular weight excluding hydrogens is 273 g/mol. The number of rotatable bonds is 4. The number of carboxylic acids is 1. The van der Waals surface area contributed by atoms with Gasteiger partial charge in [0.2, 0.25) is 0 Å². The molecule has 0 unspecified atom stereocenters. The van der Waals surface area contributed by atoms with E-state index in [4.69, 9.17) is 5.11 Å². The molecule has 0 fully saturated rings. The molecule has 1 heterocycles. The highest BCUT2D eigenvalue weighted by atomic mass is 19.4. The van der Waals surface area contributed by atoms with E-state index in [-0.39, 0.29) is 18.4 Å². The number of aliphatic carboxylic acids is 1. The topological polar surface area (TPSA) is 55.1 Å². The number of aromatic nitrogens is 2. The Balaban J connectivity index is 2.47. The van der Waals surface area contributed by atoms with Crippen LogP contribution in [0.5, 0.6) is 0 Å². The number of nitrogens with zero attached hydrogens (tertiary/aromatic N) is 2. The van der Waals surface area contributed by atoms with Crippen molar-refractivity contribution in [3.8, 4) is 0 Å². The summed E-state index contributed by atoms with van der Waals surface area (Å²) < 4.78 is 39.7. The van der Waals surface area contributed by atoms with E-state index in [1.165, 1.54) is 6.07 Å². The number of aryl methyl sites for hydroxylation is 2. The lowest BCUT2D eigenvalue weighted by Gasteiger charge is -2.07. The van der Waals surface area contributed by atoms with Crippen LogP contribution >= 0.6 is 0 Å². The van der Waals surface area contributed by atoms with Crippen LogP contribution < -0.4 is 0 Å². The van der Waals surface area contributed by atoms with Gasteiger partial charge < -0.3 is 9.67 Å². The average Bonchev–Trinajstić information content (AvgIpc) is 2.71. The van der Waals surface area contributed by atoms with Crippen molar-refractivity contribution < 1.29 is 23.1 Å². The number of halogens is 3. The lowest BCUT2D eigenvalue weighted by molar-refractivity contribution is -0.138. The molecule has 4 nitrogen and oxygen atoms in total. The molecule has 7 heteroatoms. The maximum absolute atomic E-state index is 12.6. The first-order valence-corrected chi connectivity index (χ1v) is 6.11. The molecular formula is C13H13F3N2O2. The number of alkyl halides is 3. The van der Waals surface area contributed by atoms with E-state index in [1.54, 1.807) is 4.57 Å². The first-order chi connectivity index (χ1) is 9.32. The standard InChI is InChI=1S/C13H13F3N2O2/c1-2-18-10-4-3-8(13(14,15)16)7-9(10)17-11(18)5-6-12(19)20/h3-4,7H,2,5-6H2,1H3,(H,19,20). The summed E-state index contributed by atoms with van der Waals surface area (Å²) in [5.41, 5.74) is 0.0680. The summed E-state index contributed by atoms with van der Waals surface area (Å²) in [6.45, 7) is 2.36. The van der Waals surface area contributed by atoms with Crippen LogP contribution in [0.3, 0.4) is 0 Å². The van der Waals surface area contributed by atoms with Crippen LogP contribution in [-0.2, 0) is 23.9 Å². The summed E-state index contributed by atoms with van der Waals surface area (Å²) in [5.74, 6) is -0.472. The Morgan fingerprint density at radius 2 is 2.10 bits per heavy atom. The van der Waals surface area contributed by atoms with Crippen LogP contribution in [0.2, 0.25) is 0 Å². The molecule has 0 aliphatic rings. The number of hydrogen-bond donors (Lipinski definition) is 1. The normalized spacial score (nSPS) is 12.0. The Kier molecular flexibility index (Phi) is 3.69. The smallest absolute Gasteiger partial charge is 0.416 e. The van der Waals surface area contributed by atoms with Gasteiger partial charge >= 0.3 is 12.1 Å². The first kappa shape index (κ1) is 14.4. The van der Waals surface area contributed by atoms with Gasteiger partial charge in [0.1, 0.15) is 5.82 Å². The van der Waals surface area contributed by atoms with Crippen molar-refractivity contribution in [1.29, 1.82) is 0 Å². The third kappa shape index (κ3) is 2.76. The van der Waals surface area contributed by atoms with E-state index < -0.39 is 17.7 Å². The van der Waals surface area contributed by atoms with E-state index in [0.29, 0.717) is 17.9 Å². The fourth-order valence-electron chi connectivity index (χ4n) is 2.12. The summed E-state index contributed by atoms with van der Waals surface area (Å²) in [6.07, 6.45) is -4.32. The molecule has 0 aliphatic carbocycles. The number of hydrogen-bond acceptors (Lipinski definition) is 2. The lowest BCUT2D eigenvalue weighted by Crippen LogP contribution is -2.05. The minimum absolute atomic E-state index is 0.102. The number of carboxylic acid groups (broad SMARTS) is 1. The molecule has 0 atom stereocenters. The van der Waals surface area contributed by atoms with Gasteiger partial charge in [0.25, 0.3) is 0 Å². The van der Waals surface area contributed by atoms with Crippen molar-refractivity contribution in [2.45, 2.75) is 32.5 Å². The minimum Gasteiger partial charge on any atom is -0.481 e. The van der Waals surface area contributed by atoms with Gasteiger partial charge in [-0.1, -0.05) is 0 Å². The lowest BCUT2D eigenvalue weighted by atomic mass is 10.2. The molecule has 0 amide bonds. The van der Waals surface area contributed by atoms with Gasteiger partial charge in [0.05, 0.1) is 23.0 Å². The Labute approximate surface area is 112 Å². The van der Waals surface area contributed by atoms with Crippen molar-refractivity contribution in [2.24, 2.45) is 0 Å². The van der Waals surface area contributed by atoms with Gasteiger partial charge in [-0.3, -0.25) is 4.79 Å². The van der Waals surface area contributed by atoms with Gasteiger partial charge in [-0.25, -0.2) is 4.98 Å². The molecule has 108 valence electrons. The molecule has 1 aromatic carbocycles. The maximum atomic E-state index is 12.6. The van der Waals surface area contributed by atoms with Crippen LogP contribution in [0, 0.1) is 0 Å². The van der Waals surface area contributed by atoms with Crippen molar-refractivity contribution >= 4 is 17.0 Å². The molecule has 0 saturated heterocycles. The van der Waals surface area contributed by atoms with Gasteiger partial charge in [-0.05, 0) is 25.1 Å². The predicted molar refractivity (Wildman–Crippen MR) is 66.4 cm³/mol. The van der Waals surface area contributed by atoms with Gasteiger partial charge in [-0.2, -0.15) is 13.2 Å². The molecule has 2 rings (SSSR count). The second-order valence-corrected chi connectivity index (χ2v) is 4.37. The summed E-state index contributed by atoms with van der Waals surface area (Å²) in [4.78, 5) is 14.7. The van der Waals surface area contributed by atoms with E-state index in [0.717, 1.165) is 12.1 Å². The third-order valence-corrected chi connectivity index (χ3v) is 3.03. The van der Waals surface area contributed by atoms with Crippen LogP contribution in [0.4, 0.5) is 13.2 Å². The fourth-order valence-corrected chi connectivity index (χ4v) is 2.12. The summed E-state index contributed by atoms with van der Waals surface area (Å²) in [6, 6.07) is 3.38. The van der Waals surface area contributed by atoms with E-state index in [1.807, 2.05) is 6.92 Å². The highest BCUT2D eigenvalue weighted by Gasteiger charge is 2.31. The van der Waals surface area contributed by atoms with Crippen LogP contribution in [0.15, 0.2) is 18.2 Å². The second-order valence-electron chi connectivity index (χ2n) is 4.37. The zero-order chi connectivity index (χ0) is 14.9. The maximum Gasteiger partial charge on any atom is 0.416 e. The van der Waals surface area contributed by atoms with Gasteiger partial charge in [0, 0.05) is 13.0 Å². The van der Waals surface area contributed by atoms with Crippen LogP contribution in [-0.4, -0.2) is 20.6 Å². The fraction of sp³-hybridized carbons (Fsp3) is 0.385. The van der Waals surface area contributed by atoms with Crippen molar-refractivity contribution in [1.82, 2.24) is 9.55 Å². The minimum atomic E-state index is -4.41. The van der Waals surface area contributed by atoms with Gasteiger partial charge in [-0.15, -0.1) is 0 Å². The second kappa shape index (κ2) is 5.15. The van der Waals surface area contributed by atoms with Crippen LogP contribution in [0.1, 0.15) is 24.7 Å². The monoisotopic (exact) mass is 286 g/mol. The zero-order valence-corrected chi connectivity index (χ0v) is 10.7. The molecule has 0 saturated carbocycles. The van der Waals surface area contributed by atoms with E-state index in [9.17, 15) is 18.0 Å². The highest BCUT2D eigenvalue weighted by Crippen LogP contribution is 2.31. The average molecular weight is 286 g/mol. The quantitative estimate of drug-likeness (QED) is 0.939. The van der Waals surface area contributed by atoms with Crippen molar-refractivity contribution in [3.05, 3.63) is 29.6 Å². The predicted octanol–water partition coefficient (Wildman–Crippen LogP) is 3.09. The zero-order valence-electron chi connectivity index (χ0n) is 10.7. The SMILES string of the molecule is CCn1c(CCC(=O)O)nc2cc(C(F)(F)F)ccc21. The van der Waals surface area contributed by atoms with Crippen LogP contribution in [0.25, 0.3) is 11.0 Å². The molecule has 0 bridgehead atoms. The molecule has 2 aromatic rings. The third-order valence-electron chi connectivity index (χ3n) is 3.03. The Morgan fingerprint density at radius 3 is 2.65 bits per heavy atom. The number of carbonyl (C=O) groups is 1. The molecule has 0 spiro atoms. The number of benzene rings is 1. The molecule has 1 N–H and O–H groups in total. The molecule has 1 aromatic heterocycles. The summed E-state index contributed by atoms with van der Waals surface area (Å²) in [7, 11) is 0. The summed E-state index contributed by atoms with van der Waals surface area (Å²) >= 11 is 0. The number of imidazole rings is 1. The van der Waals surface area contributed by atoms with Gasteiger partial charge in [0.15, 0.2) is 0 Å². The Bertz CT molecular complexity index is 647. The van der Waals surface area contributed by atoms with Crippen molar-refractivity contribution in [3.63, 3.8) is 0 Å². The van der Waals surface area contributed by atoms with E-state index in [2.05, 4.69) is 4.98 Å². The van der Waals surface area contributed by atoms with E-state index >= 15 is 0 Å². The van der Waals surface area contributed by atoms with Crippen molar-refractivity contribution in [2.75, 3.05) is 0 Å². The highest BCUT2D eigenvalue weighted by molar-refractivity contribution is 5.77.